The summed E-state index contributed by atoms with van der Waals surface area (Å²) in [6, 6.07) is 30.4. The molecule has 2 nitrogen and oxygen atoms in total. The van der Waals surface area contributed by atoms with Gasteiger partial charge in [0.05, 0.1) is 17.1 Å². The minimum atomic E-state index is 0.276. The van der Waals surface area contributed by atoms with E-state index in [1.165, 1.54) is 49.6 Å². The topological polar surface area (TPSA) is 28.7 Å². The molecule has 3 heteroatoms. The minimum absolute atomic E-state index is 0.276. The molecule has 0 amide bonds. The van der Waals surface area contributed by atoms with Gasteiger partial charge in [-0.15, -0.1) is 0 Å². The van der Waals surface area contributed by atoms with Crippen molar-refractivity contribution in [1.82, 2.24) is 4.57 Å². The number of nitriles is 1. The van der Waals surface area contributed by atoms with E-state index in [4.69, 9.17) is 0 Å². The lowest BCUT2D eigenvalue weighted by Gasteiger charge is -2.24. The zero-order chi connectivity index (χ0) is 18.4. The van der Waals surface area contributed by atoms with Crippen molar-refractivity contribution in [3.8, 4) is 22.9 Å². The highest BCUT2D eigenvalue weighted by molar-refractivity contribution is 7.01. The Morgan fingerprint density at radius 3 is 2.50 bits per heavy atom. The quantitative estimate of drug-likeness (QED) is 0.384. The number of fused-ring (bicyclic) bond motifs is 8. The summed E-state index contributed by atoms with van der Waals surface area (Å²) in [7, 11) is 0. The van der Waals surface area contributed by atoms with E-state index in [0.29, 0.717) is 5.56 Å². The fourth-order valence-corrected chi connectivity index (χ4v) is 5.41. The molecule has 7 rings (SSSR count). The molecule has 0 fully saturated rings. The first-order chi connectivity index (χ1) is 13.9. The Bertz CT molecular complexity index is 1530. The van der Waals surface area contributed by atoms with Gasteiger partial charge in [0.25, 0.3) is 0 Å². The third-order valence-electron chi connectivity index (χ3n) is 6.43. The average molecular weight is 352 g/mol. The molecule has 3 heterocycles. The Balaban J connectivity index is 1.75. The van der Waals surface area contributed by atoms with Crippen molar-refractivity contribution < 1.29 is 0 Å². The van der Waals surface area contributed by atoms with Crippen LogP contribution in [0, 0.1) is 11.3 Å². The molecule has 5 aromatic rings. The van der Waals surface area contributed by atoms with E-state index >= 15 is 0 Å². The monoisotopic (exact) mass is 352 g/mol. The highest BCUT2D eigenvalue weighted by Crippen LogP contribution is 2.36. The van der Waals surface area contributed by atoms with Gasteiger partial charge in [-0.2, -0.15) is 5.26 Å². The van der Waals surface area contributed by atoms with Gasteiger partial charge >= 0.3 is 0 Å². The van der Waals surface area contributed by atoms with E-state index < -0.39 is 0 Å². The summed E-state index contributed by atoms with van der Waals surface area (Å²) in [5, 5.41) is 11.8. The van der Waals surface area contributed by atoms with Crippen LogP contribution in [0.3, 0.4) is 0 Å². The van der Waals surface area contributed by atoms with Crippen molar-refractivity contribution in [3.63, 3.8) is 0 Å². The molecule has 0 radical (unpaired) electrons. The van der Waals surface area contributed by atoms with Crippen molar-refractivity contribution in [2.45, 2.75) is 0 Å². The standard InChI is InChI=1S/C25H13BN2/c27-14-15-11-12-22-19(13-15)18-7-3-9-21-25(18)28(22)23-10-4-6-17-16-5-1-2-8-20(16)26(21)24(17)23/h1-13H. The Morgan fingerprint density at radius 2 is 1.57 bits per heavy atom. The SMILES string of the molecule is N#Cc1ccc2c(c1)c1cccc3c1n2-c1cccc2c1B3c1ccccc1-2. The number of benzene rings is 4. The van der Waals surface area contributed by atoms with Crippen molar-refractivity contribution in [3.05, 3.63) is 84.4 Å². The van der Waals surface area contributed by atoms with E-state index in [9.17, 15) is 5.26 Å². The first kappa shape index (κ1) is 14.3. The van der Waals surface area contributed by atoms with Gasteiger partial charge in [0.2, 0.25) is 6.71 Å². The molecule has 0 N–H and O–H groups in total. The maximum absolute atomic E-state index is 9.40. The lowest BCUT2D eigenvalue weighted by Crippen LogP contribution is -2.53. The Morgan fingerprint density at radius 1 is 0.750 bits per heavy atom. The second kappa shape index (κ2) is 4.74. The van der Waals surface area contributed by atoms with Crippen LogP contribution in [0.15, 0.2) is 78.9 Å². The van der Waals surface area contributed by atoms with E-state index in [1.807, 2.05) is 12.1 Å². The van der Waals surface area contributed by atoms with Gasteiger partial charge in [0.1, 0.15) is 0 Å². The molecule has 0 unspecified atom stereocenters. The third kappa shape index (κ3) is 1.48. The maximum Gasteiger partial charge on any atom is 0.248 e. The smallest absolute Gasteiger partial charge is 0.248 e. The average Bonchev–Trinajstić information content (AvgIpc) is 3.27. The number of aromatic nitrogens is 1. The van der Waals surface area contributed by atoms with Crippen LogP contribution in [-0.4, -0.2) is 11.3 Å². The molecule has 0 aliphatic carbocycles. The van der Waals surface area contributed by atoms with Crippen LogP contribution in [-0.2, 0) is 0 Å². The van der Waals surface area contributed by atoms with Crippen molar-refractivity contribution in [2.75, 3.05) is 0 Å². The molecule has 0 saturated carbocycles. The number of rotatable bonds is 0. The molecule has 126 valence electrons. The molecule has 2 aliphatic rings. The van der Waals surface area contributed by atoms with Gasteiger partial charge in [-0.1, -0.05) is 60.1 Å². The molecular formula is C25H13BN2. The summed E-state index contributed by atoms with van der Waals surface area (Å²) in [4.78, 5) is 0. The lowest BCUT2D eigenvalue weighted by molar-refractivity contribution is 1.19. The molecule has 2 aliphatic heterocycles. The summed E-state index contributed by atoms with van der Waals surface area (Å²) >= 11 is 0. The van der Waals surface area contributed by atoms with E-state index in [1.54, 1.807) is 0 Å². The highest BCUT2D eigenvalue weighted by Gasteiger charge is 2.40. The third-order valence-corrected chi connectivity index (χ3v) is 6.43. The number of para-hydroxylation sites is 1. The number of hydrogen-bond donors (Lipinski definition) is 0. The van der Waals surface area contributed by atoms with E-state index in [0.717, 1.165) is 5.39 Å². The van der Waals surface area contributed by atoms with Crippen molar-refractivity contribution in [2.24, 2.45) is 0 Å². The second-order valence-corrected chi connectivity index (χ2v) is 7.68. The van der Waals surface area contributed by atoms with Gasteiger partial charge in [0.15, 0.2) is 0 Å². The van der Waals surface area contributed by atoms with Gasteiger partial charge in [-0.25, -0.2) is 0 Å². The van der Waals surface area contributed by atoms with Crippen LogP contribution in [0.2, 0.25) is 0 Å². The largest absolute Gasteiger partial charge is 0.310 e. The maximum atomic E-state index is 9.40. The summed E-state index contributed by atoms with van der Waals surface area (Å²) < 4.78 is 2.41. The van der Waals surface area contributed by atoms with Crippen molar-refractivity contribution >= 4 is 44.9 Å². The van der Waals surface area contributed by atoms with Crippen LogP contribution in [0.25, 0.3) is 38.6 Å². The first-order valence-corrected chi connectivity index (χ1v) is 9.56. The summed E-state index contributed by atoms with van der Waals surface area (Å²) in [5.74, 6) is 0. The second-order valence-electron chi connectivity index (χ2n) is 7.68. The predicted molar refractivity (Wildman–Crippen MR) is 116 cm³/mol. The molecule has 28 heavy (non-hydrogen) atoms. The Kier molecular flexibility index (Phi) is 2.42. The van der Waals surface area contributed by atoms with Crippen molar-refractivity contribution in [1.29, 1.82) is 5.26 Å². The highest BCUT2D eigenvalue weighted by atomic mass is 15.0. The summed E-state index contributed by atoms with van der Waals surface area (Å²) in [6.07, 6.45) is 0. The van der Waals surface area contributed by atoms with Gasteiger partial charge in [-0.3, -0.25) is 0 Å². The first-order valence-electron chi connectivity index (χ1n) is 9.56. The van der Waals surface area contributed by atoms with Crippen LogP contribution in [0.5, 0.6) is 0 Å². The van der Waals surface area contributed by atoms with Crippen LogP contribution in [0.4, 0.5) is 0 Å². The molecule has 4 aromatic carbocycles. The fourth-order valence-electron chi connectivity index (χ4n) is 5.41. The molecule has 0 bridgehead atoms. The molecule has 0 spiro atoms. The van der Waals surface area contributed by atoms with Crippen LogP contribution in [0.1, 0.15) is 5.56 Å². The molecule has 0 saturated heterocycles. The molecule has 1 aromatic heterocycles. The lowest BCUT2D eigenvalue weighted by atomic mass is 9.37. The number of hydrogen-bond acceptors (Lipinski definition) is 1. The zero-order valence-electron chi connectivity index (χ0n) is 15.0. The van der Waals surface area contributed by atoms with Crippen LogP contribution >= 0.6 is 0 Å². The van der Waals surface area contributed by atoms with E-state index in [-0.39, 0.29) is 6.71 Å². The Hall–Kier alpha value is -3.77. The fraction of sp³-hybridized carbons (Fsp3) is 0. The van der Waals surface area contributed by atoms with Gasteiger partial charge in [-0.05, 0) is 46.3 Å². The molecule has 0 atom stereocenters. The summed E-state index contributed by atoms with van der Waals surface area (Å²) in [6.45, 7) is 0.276. The normalized spacial score (nSPS) is 12.9. The van der Waals surface area contributed by atoms with Gasteiger partial charge < -0.3 is 4.57 Å². The molecular weight excluding hydrogens is 339 g/mol. The summed E-state index contributed by atoms with van der Waals surface area (Å²) in [5.41, 5.74) is 11.3. The Labute approximate surface area is 162 Å². The number of nitrogens with zero attached hydrogens (tertiary/aromatic N) is 2. The van der Waals surface area contributed by atoms with Gasteiger partial charge in [0, 0.05) is 22.0 Å². The van der Waals surface area contributed by atoms with Crippen LogP contribution < -0.4 is 16.4 Å². The minimum Gasteiger partial charge on any atom is -0.310 e. The zero-order valence-corrected chi connectivity index (χ0v) is 15.0. The predicted octanol–water partition coefficient (Wildman–Crippen LogP) is 3.47. The van der Waals surface area contributed by atoms with E-state index in [2.05, 4.69) is 77.4 Å².